The maximum atomic E-state index is 12.5. The van der Waals surface area contributed by atoms with Gasteiger partial charge in [-0.15, -0.1) is 11.3 Å². The van der Waals surface area contributed by atoms with Crippen LogP contribution in [0, 0.1) is 11.8 Å². The molecule has 6 heteroatoms. The molecule has 0 radical (unpaired) electrons. The van der Waals surface area contributed by atoms with Crippen LogP contribution in [-0.2, 0) is 17.6 Å². The minimum absolute atomic E-state index is 0.249. The Hall–Kier alpha value is -2.18. The number of carbonyl (C=O) groups excluding carboxylic acids is 1. The van der Waals surface area contributed by atoms with E-state index < -0.39 is 0 Å². The lowest BCUT2D eigenvalue weighted by molar-refractivity contribution is -0.115. The highest BCUT2D eigenvalue weighted by molar-refractivity contribution is 7.15. The number of nitrogen functional groups attached to an aromatic ring is 1. The maximum absolute atomic E-state index is 12.5. The van der Waals surface area contributed by atoms with Crippen LogP contribution < -0.4 is 10.5 Å². The molecule has 2 aliphatic rings. The summed E-state index contributed by atoms with van der Waals surface area (Å²) in [5.74, 6) is 2.42. The molecule has 0 bridgehead atoms. The fourth-order valence-electron chi connectivity index (χ4n) is 5.78. The summed E-state index contributed by atoms with van der Waals surface area (Å²) in [5, 5.41) is 0.726. The summed E-state index contributed by atoms with van der Waals surface area (Å²) in [6, 6.07) is 8.44. The van der Waals surface area contributed by atoms with Crippen molar-refractivity contribution in [1.82, 2.24) is 9.88 Å². The van der Waals surface area contributed by atoms with Crippen LogP contribution in [0.3, 0.4) is 0 Å². The Labute approximate surface area is 214 Å². The molecule has 0 amide bonds. The summed E-state index contributed by atoms with van der Waals surface area (Å²) in [7, 11) is 1.66. The molecule has 190 valence electrons. The first-order valence-electron chi connectivity index (χ1n) is 13.4. The van der Waals surface area contributed by atoms with Gasteiger partial charge in [0.15, 0.2) is 10.9 Å². The fraction of sp³-hybridized carbons (Fsp3) is 0.586. The fourth-order valence-corrected chi connectivity index (χ4v) is 6.73. The molecule has 2 aliphatic carbocycles. The lowest BCUT2D eigenvalue weighted by Gasteiger charge is -2.36. The average Bonchev–Trinajstić information content (AvgIpc) is 3.25. The Kier molecular flexibility index (Phi) is 9.38. The van der Waals surface area contributed by atoms with Gasteiger partial charge in [0, 0.05) is 17.3 Å². The molecule has 0 spiro atoms. The quantitative estimate of drug-likeness (QED) is 0.377. The van der Waals surface area contributed by atoms with E-state index in [2.05, 4.69) is 16.8 Å². The van der Waals surface area contributed by atoms with Crippen molar-refractivity contribution in [2.24, 2.45) is 11.8 Å². The Morgan fingerprint density at radius 1 is 1.14 bits per heavy atom. The molecular weight excluding hydrogens is 454 g/mol. The summed E-state index contributed by atoms with van der Waals surface area (Å²) in [6.45, 7) is 4.66. The normalized spacial score (nSPS) is 22.4. The smallest absolute Gasteiger partial charge is 0.180 e. The molecule has 0 saturated heterocycles. The lowest BCUT2D eigenvalue weighted by atomic mass is 9.78. The van der Waals surface area contributed by atoms with Gasteiger partial charge in [-0.3, -0.25) is 4.79 Å². The molecule has 1 unspecified atom stereocenters. The van der Waals surface area contributed by atoms with Gasteiger partial charge in [0.25, 0.3) is 0 Å². The molecular formula is C29H41N3O2S. The van der Waals surface area contributed by atoms with E-state index in [-0.39, 0.29) is 5.78 Å². The van der Waals surface area contributed by atoms with E-state index in [4.69, 9.17) is 10.5 Å². The highest BCUT2D eigenvalue weighted by Crippen LogP contribution is 2.34. The predicted octanol–water partition coefficient (Wildman–Crippen LogP) is 6.17. The summed E-state index contributed by atoms with van der Waals surface area (Å²) in [6.07, 6.45) is 15.1. The number of anilines is 1. The predicted molar refractivity (Wildman–Crippen MR) is 146 cm³/mol. The molecule has 1 saturated carbocycles. The van der Waals surface area contributed by atoms with Crippen LogP contribution >= 0.6 is 11.3 Å². The van der Waals surface area contributed by atoms with Crippen molar-refractivity contribution >= 4 is 28.3 Å². The van der Waals surface area contributed by atoms with Crippen LogP contribution in [0.4, 0.5) is 5.13 Å². The zero-order valence-electron chi connectivity index (χ0n) is 21.4. The lowest BCUT2D eigenvalue weighted by Crippen LogP contribution is -2.41. The average molecular weight is 496 g/mol. The van der Waals surface area contributed by atoms with E-state index in [1.165, 1.54) is 68.6 Å². The topological polar surface area (TPSA) is 68.5 Å². The molecule has 4 rings (SSSR count). The van der Waals surface area contributed by atoms with Crippen LogP contribution in [0.25, 0.3) is 6.08 Å². The minimum Gasteiger partial charge on any atom is -0.497 e. The number of rotatable bonds is 11. The summed E-state index contributed by atoms with van der Waals surface area (Å²) < 4.78 is 5.19. The second-order valence-electron chi connectivity index (χ2n) is 10.3. The summed E-state index contributed by atoms with van der Waals surface area (Å²) >= 11 is 1.69. The number of ketones is 1. The number of hydrogen-bond acceptors (Lipinski definition) is 6. The Morgan fingerprint density at radius 2 is 1.89 bits per heavy atom. The third-order valence-corrected chi connectivity index (χ3v) is 8.76. The molecule has 1 heterocycles. The van der Waals surface area contributed by atoms with Crippen molar-refractivity contribution in [3.8, 4) is 5.75 Å². The second-order valence-corrected chi connectivity index (χ2v) is 11.4. The van der Waals surface area contributed by atoms with Crippen LogP contribution in [0.5, 0.6) is 5.75 Å². The van der Waals surface area contributed by atoms with Gasteiger partial charge in [0.05, 0.1) is 12.8 Å². The van der Waals surface area contributed by atoms with Crippen molar-refractivity contribution in [1.29, 1.82) is 0 Å². The SMILES string of the molecule is CCCN(CCC1CCC(CC(=O)C=Cc2ccc(OC)cc2)CC1)C1CCc2nc(N)sc2C1. The van der Waals surface area contributed by atoms with E-state index in [9.17, 15) is 4.79 Å². The van der Waals surface area contributed by atoms with Gasteiger partial charge >= 0.3 is 0 Å². The number of thiazole rings is 1. The standard InChI is InChI=1S/C29H41N3O2S/c1-3-17-32(24-11-15-27-28(20-24)35-29(30)31-27)18-16-22-4-6-23(7-5-22)19-25(33)12-8-21-9-13-26(34-2)14-10-21/h8-10,12-14,22-24H,3-7,11,15-20H2,1-2H3,(H2,30,31). The monoisotopic (exact) mass is 495 g/mol. The van der Waals surface area contributed by atoms with Gasteiger partial charge < -0.3 is 15.4 Å². The molecule has 1 atom stereocenters. The first-order chi connectivity index (χ1) is 17.0. The number of nitrogens with zero attached hydrogens (tertiary/aromatic N) is 2. The third-order valence-electron chi connectivity index (χ3n) is 7.82. The van der Waals surface area contributed by atoms with E-state index in [1.807, 2.05) is 30.3 Å². The Balaban J connectivity index is 1.19. The van der Waals surface area contributed by atoms with Crippen LogP contribution in [0.1, 0.15) is 74.4 Å². The van der Waals surface area contributed by atoms with Gasteiger partial charge in [-0.1, -0.05) is 38.0 Å². The number of allylic oxidation sites excluding steroid dienone is 1. The first kappa shape index (κ1) is 25.9. The first-order valence-corrected chi connectivity index (χ1v) is 14.2. The largest absolute Gasteiger partial charge is 0.497 e. The van der Waals surface area contributed by atoms with Crippen LogP contribution in [0.15, 0.2) is 30.3 Å². The minimum atomic E-state index is 0.249. The van der Waals surface area contributed by atoms with E-state index in [0.29, 0.717) is 18.4 Å². The van der Waals surface area contributed by atoms with Crippen molar-refractivity contribution in [2.45, 2.75) is 77.2 Å². The Bertz CT molecular complexity index is 976. The number of hydrogen-bond donors (Lipinski definition) is 1. The molecule has 2 aromatic rings. The van der Waals surface area contributed by atoms with Crippen LogP contribution in [-0.4, -0.2) is 41.9 Å². The molecule has 1 aromatic heterocycles. The van der Waals surface area contributed by atoms with Gasteiger partial charge in [-0.2, -0.15) is 0 Å². The number of fused-ring (bicyclic) bond motifs is 1. The summed E-state index contributed by atoms with van der Waals surface area (Å²) in [5.41, 5.74) is 8.23. The van der Waals surface area contributed by atoms with E-state index >= 15 is 0 Å². The van der Waals surface area contributed by atoms with Crippen molar-refractivity contribution in [3.63, 3.8) is 0 Å². The van der Waals surface area contributed by atoms with Crippen molar-refractivity contribution in [2.75, 3.05) is 25.9 Å². The highest BCUT2D eigenvalue weighted by Gasteiger charge is 2.28. The second kappa shape index (κ2) is 12.7. The van der Waals surface area contributed by atoms with Gasteiger partial charge in [0.1, 0.15) is 5.75 Å². The number of ether oxygens (including phenoxy) is 1. The van der Waals surface area contributed by atoms with Crippen molar-refractivity contribution < 1.29 is 9.53 Å². The number of aryl methyl sites for hydroxylation is 1. The highest BCUT2D eigenvalue weighted by atomic mass is 32.1. The number of nitrogens with two attached hydrogens (primary N) is 1. The maximum Gasteiger partial charge on any atom is 0.180 e. The number of methoxy groups -OCH3 is 1. The van der Waals surface area contributed by atoms with E-state index in [0.717, 1.165) is 35.2 Å². The molecule has 2 N–H and O–H groups in total. The molecule has 1 aromatic carbocycles. The number of carbonyl (C=O) groups is 1. The van der Waals surface area contributed by atoms with Crippen molar-refractivity contribution in [3.05, 3.63) is 46.5 Å². The molecule has 1 fully saturated rings. The molecule has 5 nitrogen and oxygen atoms in total. The summed E-state index contributed by atoms with van der Waals surface area (Å²) in [4.78, 5) is 21.2. The Morgan fingerprint density at radius 3 is 2.60 bits per heavy atom. The zero-order chi connectivity index (χ0) is 24.6. The molecule has 0 aliphatic heterocycles. The molecule has 35 heavy (non-hydrogen) atoms. The van der Waals surface area contributed by atoms with E-state index in [1.54, 1.807) is 24.5 Å². The third kappa shape index (κ3) is 7.40. The number of benzene rings is 1. The van der Waals surface area contributed by atoms with Crippen LogP contribution in [0.2, 0.25) is 0 Å². The number of aromatic nitrogens is 1. The zero-order valence-corrected chi connectivity index (χ0v) is 22.2. The van der Waals surface area contributed by atoms with Gasteiger partial charge in [-0.05, 0) is 93.6 Å². The van der Waals surface area contributed by atoms with Gasteiger partial charge in [0.2, 0.25) is 0 Å². The van der Waals surface area contributed by atoms with Gasteiger partial charge in [-0.25, -0.2) is 4.98 Å².